The lowest BCUT2D eigenvalue weighted by Crippen LogP contribution is -2.55. The summed E-state index contributed by atoms with van der Waals surface area (Å²) in [6.07, 6.45) is 6.97. The van der Waals surface area contributed by atoms with Gasteiger partial charge in [0.2, 0.25) is 0 Å². The highest BCUT2D eigenvalue weighted by Crippen LogP contribution is 2.69. The molecule has 13 rings (SSSR count). The van der Waals surface area contributed by atoms with Crippen molar-refractivity contribution in [1.29, 1.82) is 0 Å². The molecule has 0 unspecified atom stereocenters. The van der Waals surface area contributed by atoms with Crippen LogP contribution in [0.4, 0.5) is 17.1 Å². The topological polar surface area (TPSA) is 29.5 Å². The summed E-state index contributed by atoms with van der Waals surface area (Å²) in [6.45, 7) is 0. The van der Waals surface area contributed by atoms with Crippen LogP contribution < -0.4 is 4.90 Å². The number of para-hydroxylation sites is 2. The minimum absolute atomic E-state index is 0.108. The van der Waals surface area contributed by atoms with Crippen LogP contribution in [0, 0.1) is 23.7 Å². The van der Waals surface area contributed by atoms with Crippen LogP contribution in [0.15, 0.2) is 136 Å². The second-order valence-corrected chi connectivity index (χ2v) is 15.3. The lowest BCUT2D eigenvalue weighted by atomic mass is 9.43. The fourth-order valence-corrected chi connectivity index (χ4v) is 11.4. The Hall–Kier alpha value is -5.28. The van der Waals surface area contributed by atoms with Gasteiger partial charge in [-0.15, -0.1) is 0 Å². The minimum atomic E-state index is 0.108. The average molecular weight is 634 g/mol. The summed E-state index contributed by atoms with van der Waals surface area (Å²) >= 11 is 0. The molecule has 236 valence electrons. The maximum atomic E-state index is 6.29. The second kappa shape index (κ2) is 9.45. The van der Waals surface area contributed by atoms with Crippen molar-refractivity contribution in [2.24, 2.45) is 23.7 Å². The van der Waals surface area contributed by atoms with Crippen LogP contribution in [0.3, 0.4) is 0 Å². The number of furan rings is 2. The predicted molar refractivity (Wildman–Crippen MR) is 199 cm³/mol. The van der Waals surface area contributed by atoms with Gasteiger partial charge < -0.3 is 13.7 Å². The monoisotopic (exact) mass is 633 g/mol. The van der Waals surface area contributed by atoms with Crippen molar-refractivity contribution in [3.8, 4) is 11.1 Å². The van der Waals surface area contributed by atoms with E-state index >= 15 is 0 Å². The van der Waals surface area contributed by atoms with E-state index in [0.717, 1.165) is 78.9 Å². The summed E-state index contributed by atoms with van der Waals surface area (Å²) in [5.74, 6) is 3.27. The van der Waals surface area contributed by atoms with E-state index in [1.165, 1.54) is 48.9 Å². The van der Waals surface area contributed by atoms with Crippen LogP contribution in [0.2, 0.25) is 0 Å². The number of fused-ring (bicyclic) bond motifs is 9. The van der Waals surface area contributed by atoms with E-state index < -0.39 is 0 Å². The maximum absolute atomic E-state index is 6.29. The summed E-state index contributed by atoms with van der Waals surface area (Å²) in [4.78, 5) is 2.47. The van der Waals surface area contributed by atoms with Crippen molar-refractivity contribution in [3.63, 3.8) is 0 Å². The molecule has 1 spiro atoms. The molecule has 0 atom stereocenters. The number of benzene rings is 6. The Morgan fingerprint density at radius 2 is 0.918 bits per heavy atom. The Morgan fingerprint density at radius 1 is 0.429 bits per heavy atom. The lowest BCUT2D eigenvalue weighted by Gasteiger charge is -2.61. The number of anilines is 3. The van der Waals surface area contributed by atoms with Gasteiger partial charge in [0.15, 0.2) is 0 Å². The van der Waals surface area contributed by atoms with E-state index in [9.17, 15) is 0 Å². The van der Waals surface area contributed by atoms with Crippen LogP contribution in [-0.2, 0) is 5.41 Å². The molecule has 49 heavy (non-hydrogen) atoms. The Morgan fingerprint density at radius 3 is 1.55 bits per heavy atom. The SMILES string of the molecule is c1ccc2c(c1)-c1ccc(N(c3ccc4oc5ccccc5c4c3)c3ccc4oc5ccccc5c4c3)cc1C21C2CC3CC(C2)CC1C3. The number of rotatable bonds is 3. The van der Waals surface area contributed by atoms with Crippen LogP contribution in [0.25, 0.3) is 55.0 Å². The number of nitrogens with zero attached hydrogens (tertiary/aromatic N) is 1. The molecule has 5 aliphatic carbocycles. The Labute approximate surface area is 284 Å². The van der Waals surface area contributed by atoms with Crippen molar-refractivity contribution in [2.45, 2.75) is 37.5 Å². The molecular formula is C46H35NO2. The summed E-state index contributed by atoms with van der Waals surface area (Å²) in [5, 5.41) is 4.57. The molecule has 3 heteroatoms. The average Bonchev–Trinajstić information content (AvgIpc) is 3.78. The quantitative estimate of drug-likeness (QED) is 0.194. The first-order valence-electron chi connectivity index (χ1n) is 18.1. The van der Waals surface area contributed by atoms with Gasteiger partial charge in [0.1, 0.15) is 22.3 Å². The van der Waals surface area contributed by atoms with Crippen molar-refractivity contribution >= 4 is 60.9 Å². The molecule has 0 aliphatic heterocycles. The van der Waals surface area contributed by atoms with Gasteiger partial charge in [0, 0.05) is 44.0 Å². The van der Waals surface area contributed by atoms with Crippen LogP contribution >= 0.6 is 0 Å². The Bertz CT molecular complexity index is 2510. The molecule has 0 radical (unpaired) electrons. The Kier molecular flexibility index (Phi) is 5.14. The number of hydrogen-bond acceptors (Lipinski definition) is 3. The third-order valence-electron chi connectivity index (χ3n) is 13.0. The molecule has 4 bridgehead atoms. The molecule has 0 N–H and O–H groups in total. The first-order chi connectivity index (χ1) is 24.2. The van der Waals surface area contributed by atoms with Crippen molar-refractivity contribution < 1.29 is 8.83 Å². The van der Waals surface area contributed by atoms with Gasteiger partial charge in [-0.1, -0.05) is 66.7 Å². The zero-order chi connectivity index (χ0) is 31.8. The first-order valence-corrected chi connectivity index (χ1v) is 18.1. The molecule has 3 nitrogen and oxygen atoms in total. The highest BCUT2D eigenvalue weighted by Gasteiger charge is 2.61. The highest BCUT2D eigenvalue weighted by molar-refractivity contribution is 6.08. The van der Waals surface area contributed by atoms with Crippen LogP contribution in [0.5, 0.6) is 0 Å². The van der Waals surface area contributed by atoms with Crippen LogP contribution in [-0.4, -0.2) is 0 Å². The molecule has 6 aromatic carbocycles. The zero-order valence-corrected chi connectivity index (χ0v) is 27.2. The molecule has 0 amide bonds. The van der Waals surface area contributed by atoms with E-state index in [4.69, 9.17) is 8.83 Å². The van der Waals surface area contributed by atoms with E-state index in [-0.39, 0.29) is 5.41 Å². The molecule has 2 aromatic heterocycles. The molecule has 2 heterocycles. The third-order valence-corrected chi connectivity index (χ3v) is 13.0. The maximum Gasteiger partial charge on any atom is 0.135 e. The fourth-order valence-electron chi connectivity index (χ4n) is 11.4. The van der Waals surface area contributed by atoms with E-state index in [1.54, 1.807) is 11.1 Å². The zero-order valence-electron chi connectivity index (χ0n) is 27.2. The van der Waals surface area contributed by atoms with E-state index in [0.29, 0.717) is 0 Å². The van der Waals surface area contributed by atoms with Crippen LogP contribution in [0.1, 0.15) is 43.2 Å². The van der Waals surface area contributed by atoms with Crippen molar-refractivity contribution in [2.75, 3.05) is 4.90 Å². The van der Waals surface area contributed by atoms with Gasteiger partial charge in [-0.05, 0) is 139 Å². The summed E-state index contributed by atoms with van der Waals surface area (Å²) in [7, 11) is 0. The molecule has 4 saturated carbocycles. The molecule has 5 aliphatic rings. The van der Waals surface area contributed by atoms with E-state index in [1.807, 2.05) is 12.1 Å². The first kappa shape index (κ1) is 26.6. The largest absolute Gasteiger partial charge is 0.456 e. The van der Waals surface area contributed by atoms with Gasteiger partial charge in [0.25, 0.3) is 0 Å². The number of hydrogen-bond donors (Lipinski definition) is 0. The van der Waals surface area contributed by atoms with Gasteiger partial charge in [-0.2, -0.15) is 0 Å². The molecule has 4 fully saturated rings. The molecular weight excluding hydrogens is 599 g/mol. The van der Waals surface area contributed by atoms with Gasteiger partial charge in [0.05, 0.1) is 0 Å². The third kappa shape index (κ3) is 3.48. The van der Waals surface area contributed by atoms with E-state index in [2.05, 4.69) is 120 Å². The summed E-state index contributed by atoms with van der Waals surface area (Å²) in [6, 6.07) is 46.9. The Balaban J connectivity index is 1.11. The summed E-state index contributed by atoms with van der Waals surface area (Å²) in [5.41, 5.74) is 13.3. The van der Waals surface area contributed by atoms with Gasteiger partial charge in [-0.25, -0.2) is 0 Å². The van der Waals surface area contributed by atoms with Crippen molar-refractivity contribution in [3.05, 3.63) is 139 Å². The standard InChI is InChI=1S/C46H35NO2/c1-4-10-40-34(7-1)35-16-13-33(26-41(35)46(40)29-20-27-19-28(22-29)23-30(46)21-27)47(31-14-17-44-38(24-31)36-8-2-5-11-42(36)48-44)32-15-18-45-39(25-32)37-9-3-6-12-43(37)49-45/h1-18,24-30H,19-23H2. The van der Waals surface area contributed by atoms with Crippen molar-refractivity contribution in [1.82, 2.24) is 0 Å². The smallest absolute Gasteiger partial charge is 0.135 e. The lowest BCUT2D eigenvalue weighted by molar-refractivity contribution is -0.0399. The highest BCUT2D eigenvalue weighted by atomic mass is 16.3. The normalized spacial score (nSPS) is 24.8. The van der Waals surface area contributed by atoms with Gasteiger partial charge >= 0.3 is 0 Å². The molecule has 8 aromatic rings. The second-order valence-electron chi connectivity index (χ2n) is 15.3. The predicted octanol–water partition coefficient (Wildman–Crippen LogP) is 12.7. The minimum Gasteiger partial charge on any atom is -0.456 e. The summed E-state index contributed by atoms with van der Waals surface area (Å²) < 4.78 is 12.6. The fraction of sp³-hybridized carbons (Fsp3) is 0.217. The molecule has 0 saturated heterocycles. The van der Waals surface area contributed by atoms with Gasteiger partial charge in [-0.3, -0.25) is 0 Å².